The fraction of sp³-hybridized carbons (Fsp3) is 0.556. The highest BCUT2D eigenvalue weighted by molar-refractivity contribution is 6.99. The van der Waals surface area contributed by atoms with Gasteiger partial charge in [-0.15, -0.1) is 0 Å². The number of nitrogens with one attached hydrogen (secondary N) is 1. The van der Waals surface area contributed by atoms with Gasteiger partial charge in [0.2, 0.25) is 0 Å². The molecule has 9 nitrogen and oxygen atoms in total. The van der Waals surface area contributed by atoms with Gasteiger partial charge in [-0.1, -0.05) is 108 Å². The fourth-order valence-electron chi connectivity index (χ4n) is 6.46. The Morgan fingerprint density at radius 3 is 2.09 bits per heavy atom. The third kappa shape index (κ3) is 7.64. The first-order chi connectivity index (χ1) is 22.0. The van der Waals surface area contributed by atoms with E-state index in [0.29, 0.717) is 31.8 Å². The molecule has 1 saturated heterocycles. The summed E-state index contributed by atoms with van der Waals surface area (Å²) < 4.78 is 27.9. The number of aromatic nitrogens is 2. The molecule has 2 heterocycles. The van der Waals surface area contributed by atoms with Crippen LogP contribution in [0.25, 0.3) is 0 Å². The minimum Gasteiger partial charge on any atom is -0.407 e. The molecule has 1 fully saturated rings. The maximum Gasteiger partial charge on any atom is 0.330 e. The van der Waals surface area contributed by atoms with Crippen LogP contribution in [-0.2, 0) is 18.6 Å². The lowest BCUT2D eigenvalue weighted by Crippen LogP contribution is -2.67. The van der Waals surface area contributed by atoms with Crippen LogP contribution < -0.4 is 21.6 Å². The lowest BCUT2D eigenvalue weighted by Gasteiger charge is -2.44. The molecular weight excluding hydrogens is 600 g/mol. The van der Waals surface area contributed by atoms with Crippen LogP contribution in [0.3, 0.4) is 0 Å². The summed E-state index contributed by atoms with van der Waals surface area (Å²) in [4.78, 5) is 27.5. The van der Waals surface area contributed by atoms with Gasteiger partial charge < -0.3 is 23.7 Å². The second-order valence-electron chi connectivity index (χ2n) is 13.4. The number of hydrogen-bond donors (Lipinski definition) is 2. The molecule has 10 heteroatoms. The molecule has 4 atom stereocenters. The number of H-pyrrole nitrogens is 1. The van der Waals surface area contributed by atoms with E-state index in [1.165, 1.54) is 21.1 Å². The van der Waals surface area contributed by atoms with Crippen molar-refractivity contribution in [3.63, 3.8) is 0 Å². The van der Waals surface area contributed by atoms with E-state index in [2.05, 4.69) is 88.1 Å². The lowest BCUT2D eigenvalue weighted by atomic mass is 9.92. The van der Waals surface area contributed by atoms with Crippen LogP contribution in [0.1, 0.15) is 78.5 Å². The molecule has 0 saturated carbocycles. The van der Waals surface area contributed by atoms with E-state index < -0.39 is 43.6 Å². The van der Waals surface area contributed by atoms with Crippen LogP contribution in [0.15, 0.2) is 76.4 Å². The molecule has 4 rings (SSSR count). The third-order valence-electron chi connectivity index (χ3n) is 8.94. The van der Waals surface area contributed by atoms with E-state index >= 15 is 0 Å². The number of aryl methyl sites for hydroxylation is 1. The molecule has 46 heavy (non-hydrogen) atoms. The van der Waals surface area contributed by atoms with Gasteiger partial charge in [0.05, 0.1) is 6.61 Å². The van der Waals surface area contributed by atoms with E-state index in [-0.39, 0.29) is 11.6 Å². The van der Waals surface area contributed by atoms with Crippen LogP contribution in [0.4, 0.5) is 0 Å². The van der Waals surface area contributed by atoms with E-state index in [0.717, 1.165) is 25.7 Å². The molecule has 2 aromatic carbocycles. The molecule has 1 aromatic heterocycles. The standard InChI is InChI=1S/C36H52N2O7Si/c1-7-9-22-42-26-36(31(43-23-10-8-2)30(39)33(45-36)38-25-27(3)32(40)37-34(38)41)21-24-44-46(35(4,5)6,28-17-13-11-14-18-28)29-19-15-12-16-20-29/h11-20,25,30-31,33,39H,7-10,21-24,26H2,1-6H3,(H,37,40,41)/t30?,31?,33-,36-/m1/s1. The zero-order valence-corrected chi connectivity index (χ0v) is 29.3. The Bertz CT molecular complexity index is 1450. The predicted octanol–water partition coefficient (Wildman–Crippen LogP) is 4.44. The Morgan fingerprint density at radius 2 is 1.52 bits per heavy atom. The molecular formula is C36H52N2O7Si. The zero-order chi connectivity index (χ0) is 33.4. The van der Waals surface area contributed by atoms with Gasteiger partial charge in [0.25, 0.3) is 13.9 Å². The van der Waals surface area contributed by atoms with Gasteiger partial charge in [-0.3, -0.25) is 14.3 Å². The quantitative estimate of drug-likeness (QED) is 0.174. The van der Waals surface area contributed by atoms with Crippen LogP contribution in [0, 0.1) is 6.92 Å². The molecule has 0 spiro atoms. The summed E-state index contributed by atoms with van der Waals surface area (Å²) in [6, 6.07) is 20.9. The number of aliphatic hydroxyl groups is 1. The predicted molar refractivity (Wildman–Crippen MR) is 183 cm³/mol. The largest absolute Gasteiger partial charge is 0.407 e. The number of benzene rings is 2. The number of aliphatic hydroxyl groups excluding tert-OH is 1. The van der Waals surface area contributed by atoms with Crippen LogP contribution >= 0.6 is 0 Å². The highest BCUT2D eigenvalue weighted by Gasteiger charge is 2.57. The van der Waals surface area contributed by atoms with Crippen LogP contribution in [0.5, 0.6) is 0 Å². The Hall–Kier alpha value is -2.86. The van der Waals surface area contributed by atoms with Crippen molar-refractivity contribution in [2.24, 2.45) is 0 Å². The van der Waals surface area contributed by atoms with Crippen molar-refractivity contribution in [1.82, 2.24) is 9.55 Å². The smallest absolute Gasteiger partial charge is 0.330 e. The van der Waals surface area contributed by atoms with Gasteiger partial charge in [0.15, 0.2) is 6.23 Å². The topological polar surface area (TPSA) is 112 Å². The summed E-state index contributed by atoms with van der Waals surface area (Å²) in [5.74, 6) is 0. The molecule has 0 radical (unpaired) electrons. The summed E-state index contributed by atoms with van der Waals surface area (Å²) in [7, 11) is -2.87. The molecule has 2 N–H and O–H groups in total. The molecule has 252 valence electrons. The maximum absolute atomic E-state index is 13.0. The number of unbranched alkanes of at least 4 members (excludes halogenated alkanes) is 2. The van der Waals surface area contributed by atoms with Crippen molar-refractivity contribution in [2.45, 2.75) is 103 Å². The second kappa shape index (κ2) is 15.8. The van der Waals surface area contributed by atoms with E-state index in [1.807, 2.05) is 12.1 Å². The van der Waals surface area contributed by atoms with Gasteiger partial charge in [0, 0.05) is 38.0 Å². The third-order valence-corrected chi connectivity index (χ3v) is 14.0. The van der Waals surface area contributed by atoms with Crippen molar-refractivity contribution >= 4 is 18.7 Å². The monoisotopic (exact) mass is 652 g/mol. The van der Waals surface area contributed by atoms with Crippen molar-refractivity contribution < 1.29 is 23.7 Å². The zero-order valence-electron chi connectivity index (χ0n) is 28.3. The molecule has 0 bridgehead atoms. The SMILES string of the molecule is CCCCOC[C@@]1(CCO[Si](c2ccccc2)(c2ccccc2)C(C)(C)C)O[C@@H](n2cc(C)c(=O)[nH]c2=O)C(O)C1OCCCC. The van der Waals surface area contributed by atoms with Crippen molar-refractivity contribution in [2.75, 3.05) is 26.4 Å². The fourth-order valence-corrected chi connectivity index (χ4v) is 11.0. The van der Waals surface area contributed by atoms with Crippen molar-refractivity contribution in [3.8, 4) is 0 Å². The minimum atomic E-state index is -2.87. The summed E-state index contributed by atoms with van der Waals surface area (Å²) in [5, 5.41) is 13.9. The number of ether oxygens (including phenoxy) is 3. The van der Waals surface area contributed by atoms with Crippen molar-refractivity contribution in [1.29, 1.82) is 0 Å². The second-order valence-corrected chi connectivity index (χ2v) is 17.7. The van der Waals surface area contributed by atoms with Gasteiger partial charge in [-0.25, -0.2) is 4.79 Å². The Balaban J connectivity index is 1.76. The molecule has 3 aromatic rings. The van der Waals surface area contributed by atoms with E-state index in [1.54, 1.807) is 6.92 Å². The minimum absolute atomic E-state index is 0.151. The average Bonchev–Trinajstić information content (AvgIpc) is 3.30. The first kappa shape index (κ1) is 36.0. The van der Waals surface area contributed by atoms with Crippen molar-refractivity contribution in [3.05, 3.63) is 93.3 Å². The number of rotatable bonds is 16. The van der Waals surface area contributed by atoms with Gasteiger partial charge in [0.1, 0.15) is 17.8 Å². The first-order valence-electron chi connectivity index (χ1n) is 16.6. The van der Waals surface area contributed by atoms with Gasteiger partial charge in [-0.2, -0.15) is 0 Å². The van der Waals surface area contributed by atoms with Gasteiger partial charge >= 0.3 is 5.69 Å². The number of aromatic amines is 1. The highest BCUT2D eigenvalue weighted by atomic mass is 28.4. The van der Waals surface area contributed by atoms with E-state index in [4.69, 9.17) is 18.6 Å². The van der Waals surface area contributed by atoms with E-state index in [9.17, 15) is 14.7 Å². The van der Waals surface area contributed by atoms with Crippen LogP contribution in [-0.4, -0.2) is 67.2 Å². The normalized spacial score (nSPS) is 21.9. The number of hydrogen-bond acceptors (Lipinski definition) is 7. The van der Waals surface area contributed by atoms with Gasteiger partial charge in [-0.05, 0) is 35.2 Å². The summed E-state index contributed by atoms with van der Waals surface area (Å²) in [6.07, 6.45) is 2.28. The summed E-state index contributed by atoms with van der Waals surface area (Å²) in [5.41, 5.74) is -1.92. The molecule has 1 aliphatic rings. The highest BCUT2D eigenvalue weighted by Crippen LogP contribution is 2.43. The Kier molecular flexibility index (Phi) is 12.4. The lowest BCUT2D eigenvalue weighted by molar-refractivity contribution is -0.159. The summed E-state index contributed by atoms with van der Waals surface area (Å²) in [6.45, 7) is 13.9. The number of nitrogens with zero attached hydrogens (tertiary/aromatic N) is 1. The average molecular weight is 653 g/mol. The first-order valence-corrected chi connectivity index (χ1v) is 18.5. The Morgan fingerprint density at radius 1 is 0.935 bits per heavy atom. The Labute approximate surface area is 274 Å². The maximum atomic E-state index is 13.0. The molecule has 1 aliphatic heterocycles. The molecule has 0 aliphatic carbocycles. The molecule has 2 unspecified atom stereocenters. The van der Waals surface area contributed by atoms with Crippen LogP contribution in [0.2, 0.25) is 5.04 Å². The summed E-state index contributed by atoms with van der Waals surface area (Å²) >= 11 is 0. The molecule has 0 amide bonds.